The molecule has 0 aromatic carbocycles. The molecule has 0 amide bonds. The SMILES string of the molecule is COC(=O)C(C)(CC(C)Sc1ccccn1)NC(C)C. The molecule has 5 heteroatoms. The Morgan fingerprint density at radius 3 is 2.65 bits per heavy atom. The van der Waals surface area contributed by atoms with Crippen molar-refractivity contribution in [2.24, 2.45) is 0 Å². The van der Waals surface area contributed by atoms with Gasteiger partial charge in [-0.2, -0.15) is 0 Å². The average molecular weight is 296 g/mol. The van der Waals surface area contributed by atoms with Gasteiger partial charge in [-0.05, 0) is 39.3 Å². The largest absolute Gasteiger partial charge is 0.468 e. The summed E-state index contributed by atoms with van der Waals surface area (Å²) >= 11 is 1.67. The van der Waals surface area contributed by atoms with Gasteiger partial charge in [-0.25, -0.2) is 4.98 Å². The number of methoxy groups -OCH3 is 1. The van der Waals surface area contributed by atoms with E-state index in [0.717, 1.165) is 5.03 Å². The maximum absolute atomic E-state index is 12.0. The van der Waals surface area contributed by atoms with Crippen molar-refractivity contribution >= 4 is 17.7 Å². The van der Waals surface area contributed by atoms with Crippen molar-refractivity contribution in [1.29, 1.82) is 0 Å². The number of carbonyl (C=O) groups excluding carboxylic acids is 1. The summed E-state index contributed by atoms with van der Waals surface area (Å²) < 4.78 is 4.94. The molecule has 0 aliphatic rings. The van der Waals surface area contributed by atoms with Gasteiger partial charge in [0.1, 0.15) is 5.54 Å². The lowest BCUT2D eigenvalue weighted by molar-refractivity contribution is -0.148. The Morgan fingerprint density at radius 2 is 2.15 bits per heavy atom. The summed E-state index contributed by atoms with van der Waals surface area (Å²) in [5, 5.41) is 4.53. The van der Waals surface area contributed by atoms with Gasteiger partial charge in [-0.3, -0.25) is 10.1 Å². The zero-order valence-electron chi connectivity index (χ0n) is 12.8. The van der Waals surface area contributed by atoms with Crippen LogP contribution in [-0.2, 0) is 9.53 Å². The quantitative estimate of drug-likeness (QED) is 0.619. The zero-order chi connectivity index (χ0) is 15.2. The first-order valence-electron chi connectivity index (χ1n) is 6.81. The predicted molar refractivity (Wildman–Crippen MR) is 82.9 cm³/mol. The predicted octanol–water partition coefficient (Wildman–Crippen LogP) is 2.88. The number of hydrogen-bond acceptors (Lipinski definition) is 5. The van der Waals surface area contributed by atoms with Gasteiger partial charge >= 0.3 is 5.97 Å². The van der Waals surface area contributed by atoms with Gasteiger partial charge in [0.05, 0.1) is 12.1 Å². The van der Waals surface area contributed by atoms with Gasteiger partial charge in [0.25, 0.3) is 0 Å². The van der Waals surface area contributed by atoms with Crippen molar-refractivity contribution in [2.75, 3.05) is 7.11 Å². The Kier molecular flexibility index (Phi) is 6.49. The molecule has 0 bridgehead atoms. The summed E-state index contributed by atoms with van der Waals surface area (Å²) in [6.07, 6.45) is 2.46. The average Bonchev–Trinajstić information content (AvgIpc) is 2.37. The number of hydrogen-bond donors (Lipinski definition) is 1. The van der Waals surface area contributed by atoms with Crippen LogP contribution in [-0.4, -0.2) is 34.9 Å². The Bertz CT molecular complexity index is 425. The second kappa shape index (κ2) is 7.64. The molecule has 2 atom stereocenters. The lowest BCUT2D eigenvalue weighted by atomic mass is 9.95. The van der Waals surface area contributed by atoms with E-state index in [9.17, 15) is 4.79 Å². The second-order valence-corrected chi connectivity index (χ2v) is 6.88. The molecule has 20 heavy (non-hydrogen) atoms. The molecule has 0 radical (unpaired) electrons. The van der Waals surface area contributed by atoms with Crippen LogP contribution in [0.5, 0.6) is 0 Å². The van der Waals surface area contributed by atoms with E-state index in [1.54, 1.807) is 18.0 Å². The molecular weight excluding hydrogens is 272 g/mol. The fraction of sp³-hybridized carbons (Fsp3) is 0.600. The third-order valence-electron chi connectivity index (χ3n) is 2.90. The summed E-state index contributed by atoms with van der Waals surface area (Å²) in [7, 11) is 1.43. The molecule has 0 aliphatic heterocycles. The topological polar surface area (TPSA) is 51.2 Å². The van der Waals surface area contributed by atoms with Crippen LogP contribution in [0.4, 0.5) is 0 Å². The third kappa shape index (κ3) is 5.13. The first-order chi connectivity index (χ1) is 9.37. The number of thioether (sulfide) groups is 1. The molecule has 1 aromatic heterocycles. The Morgan fingerprint density at radius 1 is 1.45 bits per heavy atom. The van der Waals surface area contributed by atoms with Gasteiger partial charge in [0.15, 0.2) is 0 Å². The van der Waals surface area contributed by atoms with Crippen LogP contribution in [0.2, 0.25) is 0 Å². The van der Waals surface area contributed by atoms with Gasteiger partial charge < -0.3 is 4.74 Å². The van der Waals surface area contributed by atoms with Crippen LogP contribution in [0.3, 0.4) is 0 Å². The third-order valence-corrected chi connectivity index (χ3v) is 3.95. The smallest absolute Gasteiger partial charge is 0.325 e. The summed E-state index contributed by atoms with van der Waals surface area (Å²) in [5.41, 5.74) is -0.676. The van der Waals surface area contributed by atoms with E-state index < -0.39 is 5.54 Å². The van der Waals surface area contributed by atoms with E-state index in [-0.39, 0.29) is 17.3 Å². The summed E-state index contributed by atoms with van der Waals surface area (Å²) in [4.78, 5) is 16.3. The van der Waals surface area contributed by atoms with Gasteiger partial charge in [-0.1, -0.05) is 13.0 Å². The van der Waals surface area contributed by atoms with E-state index in [2.05, 4.69) is 17.2 Å². The normalized spacial score (nSPS) is 15.7. The summed E-state index contributed by atoms with van der Waals surface area (Å²) in [6, 6.07) is 6.06. The Labute approximate surface area is 125 Å². The van der Waals surface area contributed by atoms with E-state index in [4.69, 9.17) is 4.74 Å². The van der Waals surface area contributed by atoms with Crippen LogP contribution in [0.25, 0.3) is 0 Å². The molecule has 4 nitrogen and oxygen atoms in total. The van der Waals surface area contributed by atoms with Crippen molar-refractivity contribution in [3.63, 3.8) is 0 Å². The molecule has 0 fully saturated rings. The minimum absolute atomic E-state index is 0.214. The molecule has 1 N–H and O–H groups in total. The van der Waals surface area contributed by atoms with E-state index in [1.807, 2.05) is 39.0 Å². The van der Waals surface area contributed by atoms with Crippen LogP contribution < -0.4 is 5.32 Å². The molecule has 0 saturated carbocycles. The molecule has 1 rings (SSSR count). The first kappa shape index (κ1) is 17.0. The first-order valence-corrected chi connectivity index (χ1v) is 7.69. The summed E-state index contributed by atoms with van der Waals surface area (Å²) in [6.45, 7) is 8.05. The second-order valence-electron chi connectivity index (χ2n) is 5.42. The van der Waals surface area contributed by atoms with Crippen molar-refractivity contribution in [1.82, 2.24) is 10.3 Å². The van der Waals surface area contributed by atoms with Gasteiger partial charge in [-0.15, -0.1) is 11.8 Å². The van der Waals surface area contributed by atoms with E-state index in [1.165, 1.54) is 7.11 Å². The maximum atomic E-state index is 12.0. The van der Waals surface area contributed by atoms with Crippen LogP contribution in [0.15, 0.2) is 29.4 Å². The van der Waals surface area contributed by atoms with Crippen LogP contribution in [0.1, 0.15) is 34.1 Å². The number of esters is 1. The highest BCUT2D eigenvalue weighted by Gasteiger charge is 2.36. The molecule has 1 heterocycles. The molecule has 112 valence electrons. The number of nitrogens with zero attached hydrogens (tertiary/aromatic N) is 1. The highest BCUT2D eigenvalue weighted by Crippen LogP contribution is 2.28. The monoisotopic (exact) mass is 296 g/mol. The molecule has 2 unspecified atom stereocenters. The number of aromatic nitrogens is 1. The van der Waals surface area contributed by atoms with Crippen molar-refractivity contribution in [3.8, 4) is 0 Å². The zero-order valence-corrected chi connectivity index (χ0v) is 13.7. The highest BCUT2D eigenvalue weighted by atomic mass is 32.2. The fourth-order valence-electron chi connectivity index (χ4n) is 2.30. The van der Waals surface area contributed by atoms with Crippen LogP contribution >= 0.6 is 11.8 Å². The molecule has 0 aliphatic carbocycles. The molecule has 0 saturated heterocycles. The lowest BCUT2D eigenvalue weighted by Crippen LogP contribution is -2.54. The lowest BCUT2D eigenvalue weighted by Gasteiger charge is -2.32. The van der Waals surface area contributed by atoms with Crippen molar-refractivity contribution in [3.05, 3.63) is 24.4 Å². The number of pyridine rings is 1. The minimum atomic E-state index is -0.676. The molecular formula is C15H24N2O2S. The molecule has 0 spiro atoms. The Hall–Kier alpha value is -1.07. The number of ether oxygens (including phenoxy) is 1. The highest BCUT2D eigenvalue weighted by molar-refractivity contribution is 7.99. The fourth-order valence-corrected chi connectivity index (χ4v) is 3.41. The van der Waals surface area contributed by atoms with E-state index in [0.29, 0.717) is 6.42 Å². The number of rotatable bonds is 7. The minimum Gasteiger partial charge on any atom is -0.468 e. The van der Waals surface area contributed by atoms with E-state index >= 15 is 0 Å². The van der Waals surface area contributed by atoms with Crippen molar-refractivity contribution in [2.45, 2.75) is 56.0 Å². The number of nitrogens with one attached hydrogen (secondary N) is 1. The molecule has 1 aromatic rings. The Balaban J connectivity index is 2.71. The van der Waals surface area contributed by atoms with Gasteiger partial charge in [0, 0.05) is 17.5 Å². The van der Waals surface area contributed by atoms with Crippen molar-refractivity contribution < 1.29 is 9.53 Å². The maximum Gasteiger partial charge on any atom is 0.325 e. The van der Waals surface area contributed by atoms with Crippen LogP contribution in [0, 0.1) is 0 Å². The number of carbonyl (C=O) groups is 1. The summed E-state index contributed by atoms with van der Waals surface area (Å²) in [5.74, 6) is -0.223. The van der Waals surface area contributed by atoms with Gasteiger partial charge in [0.2, 0.25) is 0 Å². The standard InChI is InChI=1S/C15H24N2O2S/c1-11(2)17-15(4,14(18)19-5)10-12(3)20-13-8-6-7-9-16-13/h6-9,11-12,17H,10H2,1-5H3.